The number of amides is 1. The maximum absolute atomic E-state index is 12.5. The Morgan fingerprint density at radius 3 is 2.52 bits per heavy atom. The van der Waals surface area contributed by atoms with E-state index >= 15 is 0 Å². The standard InChI is InChI=1S/C19H27NO6S/c1-4-5-6-8-26-17(22)12-20-16(21)7-9-27-19(20)13-10-14(24-2)18(23)15(11-13)25-3/h10-11,19,23H,4-9,12H2,1-3H3. The number of nitrogens with zero attached hydrogens (tertiary/aromatic N) is 1. The van der Waals surface area contributed by atoms with Crippen molar-refractivity contribution in [2.45, 2.75) is 38.0 Å². The molecule has 1 amide bonds. The van der Waals surface area contributed by atoms with Crippen LogP contribution in [0.2, 0.25) is 0 Å². The van der Waals surface area contributed by atoms with Gasteiger partial charge in [-0.3, -0.25) is 9.59 Å². The molecule has 1 aromatic rings. The second kappa shape index (κ2) is 10.3. The van der Waals surface area contributed by atoms with E-state index in [9.17, 15) is 14.7 Å². The second-order valence-electron chi connectivity index (χ2n) is 6.20. The number of phenolic OH excluding ortho intramolecular Hbond substituents is 1. The number of hydrogen-bond acceptors (Lipinski definition) is 7. The van der Waals surface area contributed by atoms with Crippen LogP contribution in [-0.4, -0.2) is 55.0 Å². The quantitative estimate of drug-likeness (QED) is 0.506. The van der Waals surface area contributed by atoms with E-state index in [1.807, 2.05) is 0 Å². The zero-order chi connectivity index (χ0) is 19.8. The summed E-state index contributed by atoms with van der Waals surface area (Å²) < 4.78 is 15.7. The normalized spacial score (nSPS) is 16.9. The van der Waals surface area contributed by atoms with Crippen LogP contribution in [0.3, 0.4) is 0 Å². The fourth-order valence-corrected chi connectivity index (χ4v) is 4.06. The van der Waals surface area contributed by atoms with Gasteiger partial charge in [0.25, 0.3) is 0 Å². The number of phenols is 1. The van der Waals surface area contributed by atoms with Gasteiger partial charge in [0.1, 0.15) is 11.9 Å². The molecule has 0 bridgehead atoms. The highest BCUT2D eigenvalue weighted by atomic mass is 32.2. The summed E-state index contributed by atoms with van der Waals surface area (Å²) in [5.74, 6) is 0.546. The number of esters is 1. The first-order valence-electron chi connectivity index (χ1n) is 9.03. The van der Waals surface area contributed by atoms with Crippen LogP contribution in [-0.2, 0) is 14.3 Å². The molecule has 1 aromatic carbocycles. The first-order chi connectivity index (χ1) is 13.0. The molecule has 1 unspecified atom stereocenters. The third-order valence-electron chi connectivity index (χ3n) is 4.29. The van der Waals surface area contributed by atoms with E-state index in [1.54, 1.807) is 23.9 Å². The van der Waals surface area contributed by atoms with Gasteiger partial charge in [-0.1, -0.05) is 19.8 Å². The van der Waals surface area contributed by atoms with Crippen LogP contribution in [0, 0.1) is 0 Å². The number of carbonyl (C=O) groups excluding carboxylic acids is 2. The zero-order valence-electron chi connectivity index (χ0n) is 16.0. The van der Waals surface area contributed by atoms with Crippen LogP contribution in [0.25, 0.3) is 0 Å². The third kappa shape index (κ3) is 5.45. The van der Waals surface area contributed by atoms with Crippen molar-refractivity contribution in [3.63, 3.8) is 0 Å². The Morgan fingerprint density at radius 1 is 1.26 bits per heavy atom. The Balaban J connectivity index is 2.18. The molecule has 7 nitrogen and oxygen atoms in total. The minimum absolute atomic E-state index is 0.0993. The molecule has 8 heteroatoms. The number of ether oxygens (including phenoxy) is 3. The van der Waals surface area contributed by atoms with Crippen LogP contribution in [0.15, 0.2) is 12.1 Å². The lowest BCUT2D eigenvalue weighted by Gasteiger charge is -2.35. The topological polar surface area (TPSA) is 85.3 Å². The number of aromatic hydroxyl groups is 1. The lowest BCUT2D eigenvalue weighted by Crippen LogP contribution is -2.41. The van der Waals surface area contributed by atoms with Crippen molar-refractivity contribution < 1.29 is 28.9 Å². The third-order valence-corrected chi connectivity index (χ3v) is 5.57. The molecule has 1 heterocycles. The van der Waals surface area contributed by atoms with E-state index in [4.69, 9.17) is 14.2 Å². The van der Waals surface area contributed by atoms with Crippen LogP contribution >= 0.6 is 11.8 Å². The molecule has 0 aromatic heterocycles. The summed E-state index contributed by atoms with van der Waals surface area (Å²) in [7, 11) is 2.89. The summed E-state index contributed by atoms with van der Waals surface area (Å²) in [6, 6.07) is 3.32. The number of methoxy groups -OCH3 is 2. The molecule has 27 heavy (non-hydrogen) atoms. The fraction of sp³-hybridized carbons (Fsp3) is 0.579. The van der Waals surface area contributed by atoms with E-state index < -0.39 is 5.97 Å². The van der Waals surface area contributed by atoms with Crippen molar-refractivity contribution in [1.29, 1.82) is 0 Å². The predicted octanol–water partition coefficient (Wildman–Crippen LogP) is 3.11. The highest BCUT2D eigenvalue weighted by Gasteiger charge is 2.33. The van der Waals surface area contributed by atoms with Gasteiger partial charge in [0.2, 0.25) is 11.7 Å². The number of hydrogen-bond donors (Lipinski definition) is 1. The average molecular weight is 397 g/mol. The summed E-state index contributed by atoms with van der Waals surface area (Å²) in [6.45, 7) is 2.34. The van der Waals surface area contributed by atoms with E-state index in [1.165, 1.54) is 19.1 Å². The van der Waals surface area contributed by atoms with Gasteiger partial charge in [-0.05, 0) is 24.1 Å². The van der Waals surface area contributed by atoms with Crippen molar-refractivity contribution in [3.05, 3.63) is 17.7 Å². The summed E-state index contributed by atoms with van der Waals surface area (Å²) in [5, 5.41) is 9.73. The lowest BCUT2D eigenvalue weighted by molar-refractivity contribution is -0.150. The Morgan fingerprint density at radius 2 is 1.93 bits per heavy atom. The molecule has 0 radical (unpaired) electrons. The van der Waals surface area contributed by atoms with Gasteiger partial charge in [0.05, 0.1) is 20.8 Å². The lowest BCUT2D eigenvalue weighted by atomic mass is 10.1. The van der Waals surface area contributed by atoms with Crippen molar-refractivity contribution in [2.24, 2.45) is 0 Å². The van der Waals surface area contributed by atoms with Gasteiger partial charge in [0.15, 0.2) is 11.5 Å². The molecule has 0 spiro atoms. The second-order valence-corrected chi connectivity index (χ2v) is 7.38. The van der Waals surface area contributed by atoms with Crippen molar-refractivity contribution in [1.82, 2.24) is 4.90 Å². The average Bonchev–Trinajstić information content (AvgIpc) is 2.67. The molecule has 0 saturated carbocycles. The molecule has 2 rings (SSSR count). The van der Waals surface area contributed by atoms with Gasteiger partial charge in [-0.15, -0.1) is 11.8 Å². The molecular formula is C19H27NO6S. The minimum atomic E-state index is -0.412. The molecule has 1 fully saturated rings. The number of rotatable bonds is 9. The highest BCUT2D eigenvalue weighted by Crippen LogP contribution is 2.44. The first-order valence-corrected chi connectivity index (χ1v) is 10.1. The van der Waals surface area contributed by atoms with Gasteiger partial charge < -0.3 is 24.2 Å². The van der Waals surface area contributed by atoms with Crippen LogP contribution in [0.1, 0.15) is 43.5 Å². The van der Waals surface area contributed by atoms with Crippen molar-refractivity contribution in [2.75, 3.05) is 33.1 Å². The Bertz CT molecular complexity index is 641. The first kappa shape index (κ1) is 21.2. The number of thioether (sulfide) groups is 1. The number of benzene rings is 1. The maximum atomic E-state index is 12.5. The summed E-state index contributed by atoms with van der Waals surface area (Å²) in [5.41, 5.74) is 0.721. The van der Waals surface area contributed by atoms with Gasteiger partial charge >= 0.3 is 5.97 Å². The Kier molecular flexibility index (Phi) is 8.09. The van der Waals surface area contributed by atoms with E-state index in [0.717, 1.165) is 24.8 Å². The fourth-order valence-electron chi connectivity index (χ4n) is 2.85. The summed E-state index contributed by atoms with van der Waals surface area (Å²) >= 11 is 1.55. The van der Waals surface area contributed by atoms with Crippen molar-refractivity contribution >= 4 is 23.6 Å². The van der Waals surface area contributed by atoms with Crippen molar-refractivity contribution in [3.8, 4) is 17.2 Å². The molecule has 0 aliphatic carbocycles. The van der Waals surface area contributed by atoms with Crippen LogP contribution < -0.4 is 9.47 Å². The molecule has 1 N–H and O–H groups in total. The van der Waals surface area contributed by atoms with Crippen LogP contribution in [0.4, 0.5) is 0 Å². The Hall–Kier alpha value is -2.09. The van der Waals surface area contributed by atoms with Gasteiger partial charge in [-0.2, -0.15) is 0 Å². The molecule has 1 aliphatic heterocycles. The monoisotopic (exact) mass is 397 g/mol. The number of carbonyl (C=O) groups is 2. The SMILES string of the molecule is CCCCCOC(=O)CN1C(=O)CCSC1c1cc(OC)c(O)c(OC)c1. The molecule has 1 saturated heterocycles. The molecule has 1 atom stereocenters. The van der Waals surface area contributed by atoms with Gasteiger partial charge in [0, 0.05) is 12.2 Å². The molecule has 1 aliphatic rings. The largest absolute Gasteiger partial charge is 0.502 e. The van der Waals surface area contributed by atoms with Crippen LogP contribution in [0.5, 0.6) is 17.2 Å². The molecule has 150 valence electrons. The summed E-state index contributed by atoms with van der Waals surface area (Å²) in [6.07, 6.45) is 3.24. The minimum Gasteiger partial charge on any atom is -0.502 e. The zero-order valence-corrected chi connectivity index (χ0v) is 16.8. The highest BCUT2D eigenvalue weighted by molar-refractivity contribution is 7.99. The Labute approximate surface area is 164 Å². The number of unbranched alkanes of at least 4 members (excludes halogenated alkanes) is 2. The smallest absolute Gasteiger partial charge is 0.325 e. The summed E-state index contributed by atoms with van der Waals surface area (Å²) in [4.78, 5) is 26.2. The molecular weight excluding hydrogens is 370 g/mol. The predicted molar refractivity (Wildman–Crippen MR) is 103 cm³/mol. The van der Waals surface area contributed by atoms with E-state index in [0.29, 0.717) is 18.8 Å². The van der Waals surface area contributed by atoms with E-state index in [-0.39, 0.29) is 35.1 Å². The van der Waals surface area contributed by atoms with Gasteiger partial charge in [-0.25, -0.2) is 0 Å². The van der Waals surface area contributed by atoms with E-state index in [2.05, 4.69) is 6.92 Å². The maximum Gasteiger partial charge on any atom is 0.325 e.